The monoisotopic (exact) mass is 454 g/mol. The van der Waals surface area contributed by atoms with Crippen molar-refractivity contribution in [1.29, 1.82) is 0 Å². The number of nitro benzene ring substituents is 1. The molecule has 0 radical (unpaired) electrons. The lowest BCUT2D eigenvalue weighted by atomic mass is 9.83. The maximum Gasteiger partial charge on any atom is 0.269 e. The number of anilines is 2. The molecule has 0 aliphatic carbocycles. The van der Waals surface area contributed by atoms with Crippen molar-refractivity contribution in [3.8, 4) is 5.75 Å². The zero-order chi connectivity index (χ0) is 23.4. The smallest absolute Gasteiger partial charge is 0.269 e. The van der Waals surface area contributed by atoms with Crippen LogP contribution in [0.5, 0.6) is 5.75 Å². The van der Waals surface area contributed by atoms with Crippen molar-refractivity contribution in [1.82, 2.24) is 5.32 Å². The van der Waals surface area contributed by atoms with E-state index in [1.165, 1.54) is 0 Å². The minimum absolute atomic E-state index is 0.0187. The van der Waals surface area contributed by atoms with Crippen LogP contribution in [0.3, 0.4) is 0 Å². The predicted molar refractivity (Wildman–Crippen MR) is 126 cm³/mol. The molecule has 33 heavy (non-hydrogen) atoms. The molecule has 1 amide bonds. The van der Waals surface area contributed by atoms with Gasteiger partial charge in [0.25, 0.3) is 5.69 Å². The van der Waals surface area contributed by atoms with Gasteiger partial charge in [-0.15, -0.1) is 0 Å². The lowest BCUT2D eigenvalue weighted by Crippen LogP contribution is -2.61. The van der Waals surface area contributed by atoms with Crippen molar-refractivity contribution in [2.24, 2.45) is 5.92 Å². The van der Waals surface area contributed by atoms with Crippen LogP contribution in [0, 0.1) is 16.0 Å². The molecule has 176 valence electrons. The van der Waals surface area contributed by atoms with E-state index < -0.39 is 0 Å². The van der Waals surface area contributed by atoms with E-state index >= 15 is 0 Å². The number of hydrogen-bond acceptors (Lipinski definition) is 7. The van der Waals surface area contributed by atoms with E-state index in [9.17, 15) is 14.9 Å². The van der Waals surface area contributed by atoms with Gasteiger partial charge in [-0.05, 0) is 48.7 Å². The van der Waals surface area contributed by atoms with Crippen LogP contribution in [0.2, 0.25) is 0 Å². The maximum atomic E-state index is 13.2. The average molecular weight is 455 g/mol. The van der Waals surface area contributed by atoms with Crippen LogP contribution < -0.4 is 19.9 Å². The molecule has 9 heteroatoms. The second kappa shape index (κ2) is 10.1. The third-order valence-electron chi connectivity index (χ3n) is 6.51. The summed E-state index contributed by atoms with van der Waals surface area (Å²) in [6, 6.07) is 12.9. The van der Waals surface area contributed by atoms with E-state index in [4.69, 9.17) is 9.47 Å². The Balaban J connectivity index is 1.59. The molecule has 4 rings (SSSR count). The predicted octanol–water partition coefficient (Wildman–Crippen LogP) is 2.62. The molecule has 2 aliphatic heterocycles. The quantitative estimate of drug-likeness (QED) is 0.372. The van der Waals surface area contributed by atoms with Gasteiger partial charge in [-0.1, -0.05) is 0 Å². The van der Waals surface area contributed by atoms with Gasteiger partial charge in [-0.3, -0.25) is 14.9 Å². The van der Waals surface area contributed by atoms with Crippen LogP contribution in [-0.2, 0) is 16.0 Å². The lowest BCUT2D eigenvalue weighted by Gasteiger charge is -2.49. The first-order valence-electron chi connectivity index (χ1n) is 11.2. The number of amides is 1. The third kappa shape index (κ3) is 4.88. The van der Waals surface area contributed by atoms with Gasteiger partial charge in [0.1, 0.15) is 5.75 Å². The molecule has 0 unspecified atom stereocenters. The first-order chi connectivity index (χ1) is 16.0. The molecule has 2 heterocycles. The summed E-state index contributed by atoms with van der Waals surface area (Å²) < 4.78 is 10.4. The third-order valence-corrected chi connectivity index (χ3v) is 6.51. The normalized spacial score (nSPS) is 19.5. The van der Waals surface area contributed by atoms with Gasteiger partial charge < -0.3 is 24.6 Å². The van der Waals surface area contributed by atoms with E-state index in [2.05, 4.69) is 15.1 Å². The molecule has 2 aliphatic rings. The summed E-state index contributed by atoms with van der Waals surface area (Å²) in [5.41, 5.74) is 2.99. The van der Waals surface area contributed by atoms with Gasteiger partial charge in [0.2, 0.25) is 5.91 Å². The van der Waals surface area contributed by atoms with Crippen molar-refractivity contribution >= 4 is 23.0 Å². The van der Waals surface area contributed by atoms with Gasteiger partial charge >= 0.3 is 0 Å². The zero-order valence-corrected chi connectivity index (χ0v) is 19.0. The molecular weight excluding hydrogens is 424 g/mol. The fourth-order valence-electron chi connectivity index (χ4n) is 4.81. The Labute approximate surface area is 193 Å². The second-order valence-corrected chi connectivity index (χ2v) is 8.42. The molecule has 1 N–H and O–H groups in total. The number of carbonyl (C=O) groups excluding carboxylic acids is 1. The Morgan fingerprint density at radius 3 is 2.67 bits per heavy atom. The number of ether oxygens (including phenoxy) is 2. The molecule has 0 aromatic heterocycles. The highest BCUT2D eigenvalue weighted by Crippen LogP contribution is 2.38. The zero-order valence-electron chi connectivity index (χ0n) is 19.0. The van der Waals surface area contributed by atoms with Crippen molar-refractivity contribution in [3.63, 3.8) is 0 Å². The molecule has 0 spiro atoms. The van der Waals surface area contributed by atoms with Crippen LogP contribution in [0.4, 0.5) is 17.1 Å². The molecule has 1 saturated heterocycles. The van der Waals surface area contributed by atoms with Gasteiger partial charge in [-0.25, -0.2) is 0 Å². The number of nitrogens with one attached hydrogen (secondary N) is 1. The number of rotatable bonds is 8. The van der Waals surface area contributed by atoms with Crippen molar-refractivity contribution < 1.29 is 19.2 Å². The Bertz CT molecular complexity index is 997. The van der Waals surface area contributed by atoms with E-state index in [-0.39, 0.29) is 28.5 Å². The van der Waals surface area contributed by atoms with Crippen molar-refractivity contribution in [2.45, 2.75) is 18.9 Å². The summed E-state index contributed by atoms with van der Waals surface area (Å²) in [7, 11) is 3.29. The molecule has 0 saturated carbocycles. The molecule has 1 fully saturated rings. The molecule has 2 aromatic carbocycles. The highest BCUT2D eigenvalue weighted by atomic mass is 16.6. The van der Waals surface area contributed by atoms with Gasteiger partial charge in [-0.2, -0.15) is 0 Å². The minimum atomic E-state index is -0.381. The topological polar surface area (TPSA) is 97.2 Å². The number of hydrogen-bond donors (Lipinski definition) is 1. The molecule has 0 bridgehead atoms. The number of fused-ring (bicyclic) bond motifs is 3. The number of non-ortho nitro benzene ring substituents is 1. The molecule has 2 atom stereocenters. The summed E-state index contributed by atoms with van der Waals surface area (Å²) in [5, 5.41) is 14.4. The van der Waals surface area contributed by atoms with E-state index in [1.807, 2.05) is 30.3 Å². The minimum Gasteiger partial charge on any atom is -0.497 e. The standard InChI is InChI=1S/C24H30N4O5/c1-32-13-3-10-25-24(29)21-15-17-14-19(28(30)31)6-9-22(17)27-12-11-26(16-23(21)27)18-4-7-20(33-2)8-5-18/h4-9,14,21,23H,3,10-13,15-16H2,1-2H3,(H,25,29)/t21-,23+/m1/s1. The van der Waals surface area contributed by atoms with E-state index in [0.717, 1.165) is 42.2 Å². The van der Waals surface area contributed by atoms with Gasteiger partial charge in [0, 0.05) is 63.4 Å². The highest BCUT2D eigenvalue weighted by molar-refractivity contribution is 5.82. The van der Waals surface area contributed by atoms with Crippen LogP contribution in [-0.4, -0.2) is 63.9 Å². The van der Waals surface area contributed by atoms with Crippen LogP contribution in [0.1, 0.15) is 12.0 Å². The van der Waals surface area contributed by atoms with Gasteiger partial charge in [0.15, 0.2) is 0 Å². The number of methoxy groups -OCH3 is 2. The fraction of sp³-hybridized carbons (Fsp3) is 0.458. The first kappa shape index (κ1) is 22.8. The summed E-state index contributed by atoms with van der Waals surface area (Å²) >= 11 is 0. The number of benzene rings is 2. The summed E-state index contributed by atoms with van der Waals surface area (Å²) in [6.45, 7) is 3.34. The maximum absolute atomic E-state index is 13.2. The summed E-state index contributed by atoms with van der Waals surface area (Å²) in [4.78, 5) is 28.7. The Morgan fingerprint density at radius 1 is 1.18 bits per heavy atom. The van der Waals surface area contributed by atoms with Crippen molar-refractivity contribution in [2.75, 3.05) is 56.8 Å². The van der Waals surface area contributed by atoms with Crippen molar-refractivity contribution in [3.05, 3.63) is 58.1 Å². The largest absolute Gasteiger partial charge is 0.497 e. The Morgan fingerprint density at radius 2 is 1.97 bits per heavy atom. The first-order valence-corrected chi connectivity index (χ1v) is 11.2. The summed E-state index contributed by atoms with van der Waals surface area (Å²) in [6.07, 6.45) is 1.22. The SMILES string of the molecule is COCCCNC(=O)[C@@H]1Cc2cc([N+](=O)[O-])ccc2N2CCN(c3ccc(OC)cc3)C[C@@H]12. The highest BCUT2D eigenvalue weighted by Gasteiger charge is 2.42. The number of nitro groups is 1. The second-order valence-electron chi connectivity index (χ2n) is 8.42. The molecule has 9 nitrogen and oxygen atoms in total. The van der Waals surface area contributed by atoms with Crippen LogP contribution in [0.25, 0.3) is 0 Å². The van der Waals surface area contributed by atoms with E-state index in [0.29, 0.717) is 26.1 Å². The Kier molecular flexibility index (Phi) is 6.98. The average Bonchev–Trinajstić information content (AvgIpc) is 2.85. The van der Waals surface area contributed by atoms with Crippen LogP contribution in [0.15, 0.2) is 42.5 Å². The fourth-order valence-corrected chi connectivity index (χ4v) is 4.81. The number of piperazine rings is 1. The molecular formula is C24H30N4O5. The van der Waals surface area contributed by atoms with Gasteiger partial charge in [0.05, 0.1) is 24.0 Å². The molecule has 2 aromatic rings. The van der Waals surface area contributed by atoms with Crippen LogP contribution >= 0.6 is 0 Å². The summed E-state index contributed by atoms with van der Waals surface area (Å²) in [5.74, 6) is 0.483. The number of nitrogens with zero attached hydrogens (tertiary/aromatic N) is 3. The Hall–Kier alpha value is -3.33. The van der Waals surface area contributed by atoms with E-state index in [1.54, 1.807) is 26.4 Å². The number of carbonyl (C=O) groups is 1. The lowest BCUT2D eigenvalue weighted by molar-refractivity contribution is -0.384.